The third-order valence-electron chi connectivity index (χ3n) is 6.54. The van der Waals surface area contributed by atoms with Gasteiger partial charge >= 0.3 is 0 Å². The van der Waals surface area contributed by atoms with Gasteiger partial charge in [-0.05, 0) is 96.3 Å². The Labute approximate surface area is 200 Å². The quantitative estimate of drug-likeness (QED) is 0.131. The first-order chi connectivity index (χ1) is 13.6. The lowest BCUT2D eigenvalue weighted by Gasteiger charge is -2.39. The van der Waals surface area contributed by atoms with Gasteiger partial charge in [0.1, 0.15) is 0 Å². The molecular formula is C25H41IO2Si2. The molecule has 1 aromatic carbocycles. The fraction of sp³-hybridized carbons (Fsp3) is 0.600. The Morgan fingerprint density at radius 2 is 1.83 bits per heavy atom. The molecule has 0 amide bonds. The average Bonchev–Trinajstić information content (AvgIpc) is 3.28. The number of benzene rings is 1. The Hall–Kier alpha value is -0.376. The predicted molar refractivity (Wildman–Crippen MR) is 144 cm³/mol. The first-order valence-corrected chi connectivity index (χ1v) is 18.4. The van der Waals surface area contributed by atoms with Crippen molar-refractivity contribution >= 4 is 39.2 Å². The monoisotopic (exact) mass is 556 g/mol. The smallest absolute Gasteiger partial charge is 0.241 e. The SMILES string of the molecule is C=C[C@]1(C)C[C@@H]1/C(=C/CC(O[Si](C)(C)C(C)(C)C)c1ccccc1I)O[Si](C)(C)C. The van der Waals surface area contributed by atoms with E-state index >= 15 is 0 Å². The first-order valence-electron chi connectivity index (χ1n) is 11.0. The molecule has 0 aliphatic heterocycles. The van der Waals surface area contributed by atoms with Gasteiger partial charge in [-0.15, -0.1) is 6.58 Å². The van der Waals surface area contributed by atoms with E-state index in [4.69, 9.17) is 8.85 Å². The first kappa shape index (κ1) is 25.9. The molecule has 168 valence electrons. The van der Waals surface area contributed by atoms with Crippen LogP contribution in [0.5, 0.6) is 0 Å². The van der Waals surface area contributed by atoms with Crippen LogP contribution in [-0.4, -0.2) is 16.6 Å². The fourth-order valence-corrected chi connectivity index (χ4v) is 6.33. The van der Waals surface area contributed by atoms with Crippen LogP contribution < -0.4 is 0 Å². The van der Waals surface area contributed by atoms with Crippen LogP contribution in [0.2, 0.25) is 37.8 Å². The van der Waals surface area contributed by atoms with Gasteiger partial charge < -0.3 is 8.85 Å². The van der Waals surface area contributed by atoms with Crippen molar-refractivity contribution in [1.29, 1.82) is 0 Å². The zero-order valence-electron chi connectivity index (χ0n) is 20.4. The van der Waals surface area contributed by atoms with Gasteiger partial charge in [-0.25, -0.2) is 0 Å². The van der Waals surface area contributed by atoms with Crippen molar-refractivity contribution in [3.8, 4) is 0 Å². The summed E-state index contributed by atoms with van der Waals surface area (Å²) in [6.07, 6.45) is 6.45. The van der Waals surface area contributed by atoms with Crippen molar-refractivity contribution in [2.24, 2.45) is 11.3 Å². The molecule has 0 bridgehead atoms. The van der Waals surface area contributed by atoms with Crippen LogP contribution in [0.25, 0.3) is 0 Å². The highest BCUT2D eigenvalue weighted by Gasteiger charge is 2.51. The standard InChI is InChI=1S/C25H41IO2Si2/c1-11-25(5)18-20(25)23(27-29(6,7)8)17-16-22(19-14-12-13-15-21(19)26)28-30(9,10)24(2,3)4/h11-15,17,20,22H,1,16,18H2,2-10H3/b23-17-/t20-,22?,25-/m1/s1. The van der Waals surface area contributed by atoms with Crippen molar-refractivity contribution < 1.29 is 8.85 Å². The highest BCUT2D eigenvalue weighted by Crippen LogP contribution is 2.57. The Kier molecular flexibility index (Phi) is 7.97. The fourth-order valence-electron chi connectivity index (χ4n) is 3.37. The lowest BCUT2D eigenvalue weighted by molar-refractivity contribution is 0.184. The molecule has 1 aliphatic carbocycles. The van der Waals surface area contributed by atoms with Crippen molar-refractivity contribution in [2.75, 3.05) is 0 Å². The van der Waals surface area contributed by atoms with Gasteiger partial charge in [0.15, 0.2) is 8.32 Å². The maximum Gasteiger partial charge on any atom is 0.241 e. The molecule has 3 atom stereocenters. The Morgan fingerprint density at radius 3 is 2.30 bits per heavy atom. The normalized spacial score (nSPS) is 23.8. The van der Waals surface area contributed by atoms with Crippen LogP contribution >= 0.6 is 22.6 Å². The largest absolute Gasteiger partial charge is 0.547 e. The Bertz CT molecular complexity index is 789. The number of allylic oxidation sites excluding steroid dienone is 2. The molecule has 0 spiro atoms. The summed E-state index contributed by atoms with van der Waals surface area (Å²) < 4.78 is 14.8. The lowest BCUT2D eigenvalue weighted by Crippen LogP contribution is -2.42. The van der Waals surface area contributed by atoms with E-state index in [-0.39, 0.29) is 16.6 Å². The maximum atomic E-state index is 6.95. The molecule has 0 aromatic heterocycles. The topological polar surface area (TPSA) is 18.5 Å². The van der Waals surface area contributed by atoms with Gasteiger partial charge in [0.25, 0.3) is 0 Å². The molecule has 1 aliphatic rings. The summed E-state index contributed by atoms with van der Waals surface area (Å²) in [6, 6.07) is 8.62. The molecule has 2 rings (SSSR count). The summed E-state index contributed by atoms with van der Waals surface area (Å²) >= 11 is 2.44. The van der Waals surface area contributed by atoms with E-state index in [0.29, 0.717) is 5.92 Å². The van der Waals surface area contributed by atoms with Crippen molar-refractivity contribution in [3.63, 3.8) is 0 Å². The maximum absolute atomic E-state index is 6.95. The zero-order valence-corrected chi connectivity index (χ0v) is 24.6. The van der Waals surface area contributed by atoms with Crippen LogP contribution in [0.3, 0.4) is 0 Å². The van der Waals surface area contributed by atoms with Crippen LogP contribution in [0.1, 0.15) is 52.2 Å². The highest BCUT2D eigenvalue weighted by molar-refractivity contribution is 14.1. The molecule has 1 aromatic rings. The van der Waals surface area contributed by atoms with Crippen molar-refractivity contribution in [2.45, 2.75) is 84.4 Å². The summed E-state index contributed by atoms with van der Waals surface area (Å²) in [5.41, 5.74) is 1.46. The molecule has 1 saturated carbocycles. The highest BCUT2D eigenvalue weighted by atomic mass is 127. The van der Waals surface area contributed by atoms with Gasteiger partial charge in [-0.1, -0.05) is 52.0 Å². The van der Waals surface area contributed by atoms with Crippen LogP contribution in [0, 0.1) is 14.9 Å². The molecule has 0 N–H and O–H groups in total. The van der Waals surface area contributed by atoms with E-state index in [9.17, 15) is 0 Å². The van der Waals surface area contributed by atoms with E-state index in [1.807, 2.05) is 0 Å². The second-order valence-corrected chi connectivity index (χ2v) is 21.8. The van der Waals surface area contributed by atoms with Gasteiger partial charge in [0, 0.05) is 9.49 Å². The third kappa shape index (κ3) is 6.56. The third-order valence-corrected chi connectivity index (χ3v) is 12.9. The molecule has 5 heteroatoms. The summed E-state index contributed by atoms with van der Waals surface area (Å²) in [5.74, 6) is 1.61. The molecule has 0 radical (unpaired) electrons. The number of halogens is 1. The average molecular weight is 557 g/mol. The van der Waals surface area contributed by atoms with E-state index in [1.165, 1.54) is 9.13 Å². The zero-order chi connectivity index (χ0) is 23.0. The van der Waals surface area contributed by atoms with Gasteiger partial charge in [-0.2, -0.15) is 0 Å². The second kappa shape index (κ2) is 9.24. The number of rotatable bonds is 9. The van der Waals surface area contributed by atoms with Crippen LogP contribution in [-0.2, 0) is 8.85 Å². The minimum absolute atomic E-state index is 0.0490. The molecule has 0 heterocycles. The number of hydrogen-bond donors (Lipinski definition) is 0. The van der Waals surface area contributed by atoms with E-state index in [2.05, 4.69) is 126 Å². The summed E-state index contributed by atoms with van der Waals surface area (Å²) in [4.78, 5) is 0. The molecule has 1 unspecified atom stereocenters. The van der Waals surface area contributed by atoms with Gasteiger partial charge in [0.2, 0.25) is 8.32 Å². The molecule has 0 saturated heterocycles. The molecule has 30 heavy (non-hydrogen) atoms. The van der Waals surface area contributed by atoms with Gasteiger partial charge in [-0.3, -0.25) is 0 Å². The lowest BCUT2D eigenvalue weighted by atomic mass is 10.0. The van der Waals surface area contributed by atoms with E-state index < -0.39 is 16.6 Å². The molecular weight excluding hydrogens is 515 g/mol. The Balaban J connectivity index is 2.38. The number of hydrogen-bond acceptors (Lipinski definition) is 2. The van der Waals surface area contributed by atoms with E-state index in [1.54, 1.807) is 0 Å². The minimum atomic E-state index is -1.92. The second-order valence-electron chi connectivity index (χ2n) is 11.4. The minimum Gasteiger partial charge on any atom is -0.547 e. The summed E-state index contributed by atoms with van der Waals surface area (Å²) in [7, 11) is -3.61. The van der Waals surface area contributed by atoms with Crippen LogP contribution in [0.15, 0.2) is 48.8 Å². The molecule has 2 nitrogen and oxygen atoms in total. The summed E-state index contributed by atoms with van der Waals surface area (Å²) in [6.45, 7) is 24.7. The molecule has 1 fully saturated rings. The van der Waals surface area contributed by atoms with Crippen molar-refractivity contribution in [1.82, 2.24) is 0 Å². The summed E-state index contributed by atoms with van der Waals surface area (Å²) in [5, 5.41) is 0.171. The van der Waals surface area contributed by atoms with Crippen molar-refractivity contribution in [3.05, 3.63) is 57.9 Å². The predicted octanol–water partition coefficient (Wildman–Crippen LogP) is 8.69. The Morgan fingerprint density at radius 1 is 1.23 bits per heavy atom. The van der Waals surface area contributed by atoms with E-state index in [0.717, 1.165) is 18.6 Å². The van der Waals surface area contributed by atoms with Gasteiger partial charge in [0.05, 0.1) is 11.9 Å². The van der Waals surface area contributed by atoms with Crippen LogP contribution in [0.4, 0.5) is 0 Å².